The zero-order valence-electron chi connectivity index (χ0n) is 8.61. The molecule has 0 saturated carbocycles. The van der Waals surface area contributed by atoms with Crippen LogP contribution >= 0.6 is 0 Å². The molecular weight excluding hydrogens is 174 g/mol. The van der Waals surface area contributed by atoms with Gasteiger partial charge in [-0.15, -0.1) is 0 Å². The second-order valence-corrected chi connectivity index (χ2v) is 4.05. The number of nitrogens with zero attached hydrogens (tertiary/aromatic N) is 2. The summed E-state index contributed by atoms with van der Waals surface area (Å²) in [6.07, 6.45) is 5.00. The minimum absolute atomic E-state index is 0.577. The predicted molar refractivity (Wildman–Crippen MR) is 58.1 cm³/mol. The van der Waals surface area contributed by atoms with E-state index in [1.54, 1.807) is 0 Å². The van der Waals surface area contributed by atoms with Crippen LogP contribution in [0.3, 0.4) is 0 Å². The molecule has 0 aliphatic carbocycles. The van der Waals surface area contributed by atoms with Crippen molar-refractivity contribution in [3.63, 3.8) is 0 Å². The maximum atomic E-state index is 5.69. The lowest BCUT2D eigenvalue weighted by atomic mass is 10.2. The van der Waals surface area contributed by atoms with Crippen molar-refractivity contribution in [3.05, 3.63) is 24.0 Å². The highest BCUT2D eigenvalue weighted by Gasteiger charge is 2.20. The number of hydrogen-bond acceptors (Lipinski definition) is 3. The summed E-state index contributed by atoms with van der Waals surface area (Å²) in [4.78, 5) is 6.51. The van der Waals surface area contributed by atoms with Crippen molar-refractivity contribution >= 4 is 5.69 Å². The van der Waals surface area contributed by atoms with E-state index in [1.165, 1.54) is 12.1 Å². The van der Waals surface area contributed by atoms with Crippen LogP contribution in [-0.4, -0.2) is 18.1 Å². The molecule has 14 heavy (non-hydrogen) atoms. The maximum Gasteiger partial charge on any atom is 0.0442 e. The normalized spacial score (nSPS) is 21.6. The van der Waals surface area contributed by atoms with Gasteiger partial charge in [-0.1, -0.05) is 6.92 Å². The molecule has 1 aromatic heterocycles. The van der Waals surface area contributed by atoms with E-state index in [0.717, 1.165) is 24.6 Å². The summed E-state index contributed by atoms with van der Waals surface area (Å²) < 4.78 is 0. The fraction of sp³-hybridized carbons (Fsp3) is 0.545. The van der Waals surface area contributed by atoms with Crippen molar-refractivity contribution in [2.75, 3.05) is 18.0 Å². The number of aromatic nitrogens is 1. The lowest BCUT2D eigenvalue weighted by Gasteiger charge is -2.20. The highest BCUT2D eigenvalue weighted by Crippen LogP contribution is 2.25. The molecule has 1 aliphatic heterocycles. The third kappa shape index (κ3) is 1.73. The number of anilines is 1. The third-order valence-electron chi connectivity index (χ3n) is 2.86. The Hall–Kier alpha value is -1.09. The average Bonchev–Trinajstić information content (AvgIpc) is 2.65. The van der Waals surface area contributed by atoms with Crippen molar-refractivity contribution in [2.24, 2.45) is 11.7 Å². The second-order valence-electron chi connectivity index (χ2n) is 4.05. The molecule has 1 aromatic rings. The molecule has 1 saturated heterocycles. The molecule has 3 heteroatoms. The Morgan fingerprint density at radius 1 is 1.64 bits per heavy atom. The molecule has 1 aliphatic rings. The van der Waals surface area contributed by atoms with E-state index >= 15 is 0 Å². The molecule has 0 bridgehead atoms. The van der Waals surface area contributed by atoms with Crippen molar-refractivity contribution in [3.8, 4) is 0 Å². The zero-order valence-corrected chi connectivity index (χ0v) is 8.61. The topological polar surface area (TPSA) is 42.2 Å². The first kappa shape index (κ1) is 9.46. The quantitative estimate of drug-likeness (QED) is 0.768. The summed E-state index contributed by atoms with van der Waals surface area (Å²) >= 11 is 0. The van der Waals surface area contributed by atoms with Crippen LogP contribution < -0.4 is 10.6 Å². The van der Waals surface area contributed by atoms with E-state index in [9.17, 15) is 0 Å². The van der Waals surface area contributed by atoms with Gasteiger partial charge in [0.2, 0.25) is 0 Å². The molecule has 0 radical (unpaired) electrons. The van der Waals surface area contributed by atoms with Gasteiger partial charge in [0, 0.05) is 43.3 Å². The van der Waals surface area contributed by atoms with Crippen molar-refractivity contribution in [1.29, 1.82) is 0 Å². The van der Waals surface area contributed by atoms with Gasteiger partial charge in [0.05, 0.1) is 0 Å². The summed E-state index contributed by atoms with van der Waals surface area (Å²) in [5.41, 5.74) is 8.11. The van der Waals surface area contributed by atoms with Gasteiger partial charge in [-0.05, 0) is 18.4 Å². The summed E-state index contributed by atoms with van der Waals surface area (Å²) in [6, 6.07) is 2.07. The van der Waals surface area contributed by atoms with E-state index < -0.39 is 0 Å². The van der Waals surface area contributed by atoms with Gasteiger partial charge in [-0.2, -0.15) is 0 Å². The van der Waals surface area contributed by atoms with E-state index in [-0.39, 0.29) is 0 Å². The Labute approximate surface area is 84.9 Å². The SMILES string of the molecule is CC1CCN(c2ccncc2CN)C1. The van der Waals surface area contributed by atoms with Crippen molar-refractivity contribution < 1.29 is 0 Å². The molecule has 3 nitrogen and oxygen atoms in total. The number of rotatable bonds is 2. The van der Waals surface area contributed by atoms with Gasteiger partial charge < -0.3 is 10.6 Å². The molecule has 2 heterocycles. The first-order valence-electron chi connectivity index (χ1n) is 5.19. The number of pyridine rings is 1. The molecule has 1 fully saturated rings. The molecule has 1 atom stereocenters. The Bertz CT molecular complexity index is 311. The summed E-state index contributed by atoms with van der Waals surface area (Å²) in [7, 11) is 0. The Morgan fingerprint density at radius 3 is 3.14 bits per heavy atom. The first-order chi connectivity index (χ1) is 6.81. The van der Waals surface area contributed by atoms with E-state index in [2.05, 4.69) is 22.9 Å². The summed E-state index contributed by atoms with van der Waals surface area (Å²) in [5.74, 6) is 0.800. The van der Waals surface area contributed by atoms with Crippen LogP contribution in [0.2, 0.25) is 0 Å². The van der Waals surface area contributed by atoms with Gasteiger partial charge in [0.25, 0.3) is 0 Å². The van der Waals surface area contributed by atoms with Crippen LogP contribution in [-0.2, 0) is 6.54 Å². The molecule has 0 amide bonds. The maximum absolute atomic E-state index is 5.69. The molecule has 0 spiro atoms. The van der Waals surface area contributed by atoms with E-state index in [4.69, 9.17) is 5.73 Å². The zero-order chi connectivity index (χ0) is 9.97. The van der Waals surface area contributed by atoms with Crippen molar-refractivity contribution in [2.45, 2.75) is 19.9 Å². The minimum Gasteiger partial charge on any atom is -0.371 e. The fourth-order valence-corrected chi connectivity index (χ4v) is 2.04. The van der Waals surface area contributed by atoms with E-state index in [1.807, 2.05) is 12.4 Å². The third-order valence-corrected chi connectivity index (χ3v) is 2.86. The number of hydrogen-bond donors (Lipinski definition) is 1. The lowest BCUT2D eigenvalue weighted by molar-refractivity contribution is 0.659. The molecule has 2 rings (SSSR count). The lowest BCUT2D eigenvalue weighted by Crippen LogP contribution is -2.21. The Balaban J connectivity index is 2.22. The smallest absolute Gasteiger partial charge is 0.0442 e. The van der Waals surface area contributed by atoms with Crippen LogP contribution in [0.4, 0.5) is 5.69 Å². The van der Waals surface area contributed by atoms with Crippen LogP contribution in [0.1, 0.15) is 18.9 Å². The van der Waals surface area contributed by atoms with E-state index in [0.29, 0.717) is 6.54 Å². The predicted octanol–water partition coefficient (Wildman–Crippen LogP) is 1.39. The van der Waals surface area contributed by atoms with Crippen LogP contribution in [0, 0.1) is 5.92 Å². The fourth-order valence-electron chi connectivity index (χ4n) is 2.04. The summed E-state index contributed by atoms with van der Waals surface area (Å²) in [6.45, 7) is 5.17. The van der Waals surface area contributed by atoms with Crippen LogP contribution in [0.15, 0.2) is 18.5 Å². The largest absolute Gasteiger partial charge is 0.371 e. The van der Waals surface area contributed by atoms with Gasteiger partial charge in [0.1, 0.15) is 0 Å². The standard InChI is InChI=1S/C11H17N3/c1-9-3-5-14(8-9)11-2-4-13-7-10(11)6-12/h2,4,7,9H,3,5-6,8,12H2,1H3. The summed E-state index contributed by atoms with van der Waals surface area (Å²) in [5, 5.41) is 0. The molecule has 0 aromatic carbocycles. The monoisotopic (exact) mass is 191 g/mol. The molecule has 76 valence electrons. The van der Waals surface area contributed by atoms with Crippen LogP contribution in [0.25, 0.3) is 0 Å². The number of nitrogens with two attached hydrogens (primary N) is 1. The van der Waals surface area contributed by atoms with Gasteiger partial charge in [0.15, 0.2) is 0 Å². The Kier molecular flexibility index (Phi) is 2.68. The second kappa shape index (κ2) is 3.96. The first-order valence-corrected chi connectivity index (χ1v) is 5.19. The highest BCUT2D eigenvalue weighted by atomic mass is 15.2. The molecule has 2 N–H and O–H groups in total. The molecular formula is C11H17N3. The molecule has 1 unspecified atom stereocenters. The van der Waals surface area contributed by atoms with Gasteiger partial charge >= 0.3 is 0 Å². The van der Waals surface area contributed by atoms with Crippen LogP contribution in [0.5, 0.6) is 0 Å². The van der Waals surface area contributed by atoms with Gasteiger partial charge in [-0.3, -0.25) is 4.98 Å². The average molecular weight is 191 g/mol. The Morgan fingerprint density at radius 2 is 2.50 bits per heavy atom. The van der Waals surface area contributed by atoms with Crippen molar-refractivity contribution in [1.82, 2.24) is 4.98 Å². The minimum atomic E-state index is 0.577. The highest BCUT2D eigenvalue weighted by molar-refractivity contribution is 5.52. The van der Waals surface area contributed by atoms with Gasteiger partial charge in [-0.25, -0.2) is 0 Å².